The van der Waals surface area contributed by atoms with Gasteiger partial charge in [-0.1, -0.05) is 60.2 Å². The number of hydrogen-bond donors (Lipinski definition) is 0. The molecule has 2 aromatic carbocycles. The molecule has 3 aromatic rings. The lowest BCUT2D eigenvalue weighted by atomic mass is 9.96. The topological polar surface area (TPSA) is 17.1 Å². The Morgan fingerprint density at radius 1 is 0.864 bits per heavy atom. The molecule has 0 aliphatic heterocycles. The van der Waals surface area contributed by atoms with Gasteiger partial charge >= 0.3 is 0 Å². The fraction of sp³-hybridized carbons (Fsp3) is 0.150. The zero-order valence-corrected chi connectivity index (χ0v) is 13.8. The van der Waals surface area contributed by atoms with E-state index in [0.717, 1.165) is 32.7 Å². The molecule has 1 aromatic heterocycles. The molecule has 0 amide bonds. The summed E-state index contributed by atoms with van der Waals surface area (Å²) >= 11 is 1.70. The number of aryl methyl sites for hydroxylation is 2. The van der Waals surface area contributed by atoms with E-state index in [-0.39, 0.29) is 5.78 Å². The van der Waals surface area contributed by atoms with E-state index >= 15 is 0 Å². The van der Waals surface area contributed by atoms with E-state index in [0.29, 0.717) is 0 Å². The molecule has 0 aliphatic carbocycles. The summed E-state index contributed by atoms with van der Waals surface area (Å²) in [4.78, 5) is 15.3. The number of ketones is 1. The molecule has 22 heavy (non-hydrogen) atoms. The minimum atomic E-state index is 0.112. The number of benzene rings is 2. The van der Waals surface area contributed by atoms with E-state index in [9.17, 15) is 4.79 Å². The molecule has 0 fully saturated rings. The van der Waals surface area contributed by atoms with Gasteiger partial charge in [0.25, 0.3) is 0 Å². The van der Waals surface area contributed by atoms with Gasteiger partial charge in [-0.05, 0) is 31.9 Å². The molecule has 1 nitrogen and oxygen atoms in total. The lowest BCUT2D eigenvalue weighted by Gasteiger charge is -2.06. The molecule has 0 radical (unpaired) electrons. The number of thiophene rings is 1. The summed E-state index contributed by atoms with van der Waals surface area (Å²) in [5.74, 6) is 0.112. The molecule has 110 valence electrons. The van der Waals surface area contributed by atoms with Crippen LogP contribution < -0.4 is 0 Å². The van der Waals surface area contributed by atoms with E-state index in [1.807, 2.05) is 56.3 Å². The number of hydrogen-bond acceptors (Lipinski definition) is 2. The number of carbonyl (C=O) groups is 1. The second-order valence-electron chi connectivity index (χ2n) is 5.55. The largest absolute Gasteiger partial charge is 0.289 e. The zero-order valence-electron chi connectivity index (χ0n) is 13.0. The minimum Gasteiger partial charge on any atom is -0.289 e. The summed E-state index contributed by atoms with van der Waals surface area (Å²) in [5.41, 5.74) is 4.97. The average molecular weight is 306 g/mol. The van der Waals surface area contributed by atoms with Crippen molar-refractivity contribution in [1.29, 1.82) is 0 Å². The van der Waals surface area contributed by atoms with Gasteiger partial charge in [-0.15, -0.1) is 11.3 Å². The van der Waals surface area contributed by atoms with Crippen molar-refractivity contribution < 1.29 is 4.79 Å². The number of carbonyl (C=O) groups excluding carboxylic acids is 1. The lowest BCUT2D eigenvalue weighted by Crippen LogP contribution is -2.03. The first-order chi connectivity index (χ1) is 10.6. The van der Waals surface area contributed by atoms with Crippen molar-refractivity contribution in [1.82, 2.24) is 0 Å². The second kappa shape index (κ2) is 5.90. The maximum atomic E-state index is 13.0. The SMILES string of the molecule is Cc1ccc(C(=O)c2c(-c3ccccc3)sc(C)c2C)cc1. The van der Waals surface area contributed by atoms with E-state index in [4.69, 9.17) is 0 Å². The molecular formula is C20H18OS. The first kappa shape index (κ1) is 14.7. The van der Waals surface area contributed by atoms with Gasteiger partial charge in [0, 0.05) is 20.9 Å². The Balaban J connectivity index is 2.14. The van der Waals surface area contributed by atoms with Gasteiger partial charge in [0.1, 0.15) is 0 Å². The van der Waals surface area contributed by atoms with Crippen LogP contribution in [0.3, 0.4) is 0 Å². The van der Waals surface area contributed by atoms with Crippen LogP contribution in [0.4, 0.5) is 0 Å². The van der Waals surface area contributed by atoms with Crippen LogP contribution in [0.1, 0.15) is 31.9 Å². The van der Waals surface area contributed by atoms with Gasteiger partial charge in [0.2, 0.25) is 0 Å². The van der Waals surface area contributed by atoms with Gasteiger partial charge in [-0.3, -0.25) is 4.79 Å². The van der Waals surface area contributed by atoms with Gasteiger partial charge < -0.3 is 0 Å². The normalized spacial score (nSPS) is 10.7. The predicted octanol–water partition coefficient (Wildman–Crippen LogP) is 5.57. The van der Waals surface area contributed by atoms with Crippen LogP contribution >= 0.6 is 11.3 Å². The zero-order chi connectivity index (χ0) is 15.7. The third-order valence-electron chi connectivity index (χ3n) is 3.96. The molecule has 0 bridgehead atoms. The summed E-state index contributed by atoms with van der Waals surface area (Å²) in [7, 11) is 0. The van der Waals surface area contributed by atoms with Crippen LogP contribution in [0, 0.1) is 20.8 Å². The molecule has 0 atom stereocenters. The summed E-state index contributed by atoms with van der Waals surface area (Å²) in [5, 5.41) is 0. The van der Waals surface area contributed by atoms with Crippen LogP contribution in [-0.4, -0.2) is 5.78 Å². The van der Waals surface area contributed by atoms with Gasteiger partial charge in [0.05, 0.1) is 0 Å². The highest BCUT2D eigenvalue weighted by atomic mass is 32.1. The fourth-order valence-corrected chi connectivity index (χ4v) is 3.71. The quantitative estimate of drug-likeness (QED) is 0.578. The van der Waals surface area contributed by atoms with Crippen LogP contribution in [0.2, 0.25) is 0 Å². The minimum absolute atomic E-state index is 0.112. The highest BCUT2D eigenvalue weighted by Gasteiger charge is 2.21. The van der Waals surface area contributed by atoms with Crippen molar-refractivity contribution >= 4 is 17.1 Å². The first-order valence-corrected chi connectivity index (χ1v) is 8.16. The molecule has 2 heteroatoms. The smallest absolute Gasteiger partial charge is 0.194 e. The summed E-state index contributed by atoms with van der Waals surface area (Å²) in [6.45, 7) is 6.15. The molecule has 1 heterocycles. The monoisotopic (exact) mass is 306 g/mol. The molecule has 0 unspecified atom stereocenters. The van der Waals surface area contributed by atoms with E-state index < -0.39 is 0 Å². The Morgan fingerprint density at radius 3 is 2.14 bits per heavy atom. The van der Waals surface area contributed by atoms with Gasteiger partial charge in [-0.2, -0.15) is 0 Å². The van der Waals surface area contributed by atoms with Crippen LogP contribution in [0.25, 0.3) is 10.4 Å². The molecule has 0 aliphatic rings. The summed E-state index contributed by atoms with van der Waals surface area (Å²) in [6.07, 6.45) is 0. The summed E-state index contributed by atoms with van der Waals surface area (Å²) < 4.78 is 0. The molecule has 0 spiro atoms. The maximum Gasteiger partial charge on any atom is 0.194 e. The van der Waals surface area contributed by atoms with Crippen molar-refractivity contribution in [3.63, 3.8) is 0 Å². The Morgan fingerprint density at radius 2 is 1.50 bits per heavy atom. The molecule has 3 rings (SSSR count). The second-order valence-corrected chi connectivity index (χ2v) is 6.77. The van der Waals surface area contributed by atoms with Crippen molar-refractivity contribution in [2.45, 2.75) is 20.8 Å². The van der Waals surface area contributed by atoms with Crippen LogP contribution in [0.5, 0.6) is 0 Å². The Kier molecular flexibility index (Phi) is 3.95. The third-order valence-corrected chi connectivity index (χ3v) is 5.22. The van der Waals surface area contributed by atoms with E-state index in [1.165, 1.54) is 4.88 Å². The average Bonchev–Trinajstić information content (AvgIpc) is 2.84. The highest BCUT2D eigenvalue weighted by molar-refractivity contribution is 7.16. The Hall–Kier alpha value is -2.19. The van der Waals surface area contributed by atoms with Crippen molar-refractivity contribution in [3.8, 4) is 10.4 Å². The van der Waals surface area contributed by atoms with Crippen LogP contribution in [0.15, 0.2) is 54.6 Å². The van der Waals surface area contributed by atoms with Gasteiger partial charge in [-0.25, -0.2) is 0 Å². The molecule has 0 N–H and O–H groups in total. The number of rotatable bonds is 3. The molecular weight excluding hydrogens is 288 g/mol. The van der Waals surface area contributed by atoms with Gasteiger partial charge in [0.15, 0.2) is 5.78 Å². The van der Waals surface area contributed by atoms with E-state index in [1.54, 1.807) is 11.3 Å². The van der Waals surface area contributed by atoms with E-state index in [2.05, 4.69) is 19.1 Å². The molecule has 0 saturated carbocycles. The Labute approximate surface area is 135 Å². The third kappa shape index (κ3) is 2.62. The molecule has 0 saturated heterocycles. The fourth-order valence-electron chi connectivity index (χ4n) is 2.54. The maximum absolute atomic E-state index is 13.0. The van der Waals surface area contributed by atoms with Crippen LogP contribution in [-0.2, 0) is 0 Å². The highest BCUT2D eigenvalue weighted by Crippen LogP contribution is 2.37. The van der Waals surface area contributed by atoms with Crippen molar-refractivity contribution in [2.24, 2.45) is 0 Å². The predicted molar refractivity (Wildman–Crippen MR) is 93.8 cm³/mol. The standard InChI is InChI=1S/C20H18OS/c1-13-9-11-16(12-10-13)19(21)18-14(2)15(3)22-20(18)17-7-5-4-6-8-17/h4-12H,1-3H3. The Bertz CT molecular complexity index is 811. The van der Waals surface area contributed by atoms with Crippen molar-refractivity contribution in [3.05, 3.63) is 81.7 Å². The lowest BCUT2D eigenvalue weighted by molar-refractivity contribution is 0.103. The summed E-state index contributed by atoms with van der Waals surface area (Å²) in [6, 6.07) is 18.0. The van der Waals surface area contributed by atoms with Crippen molar-refractivity contribution in [2.75, 3.05) is 0 Å². The first-order valence-electron chi connectivity index (χ1n) is 7.34.